The molecule has 1 N–H and O–H groups in total. The minimum atomic E-state index is -0.208. The zero-order valence-electron chi connectivity index (χ0n) is 18.1. The quantitative estimate of drug-likeness (QED) is 0.707. The van der Waals surface area contributed by atoms with Crippen molar-refractivity contribution in [3.8, 4) is 11.1 Å². The molecule has 0 radical (unpaired) electrons. The van der Waals surface area contributed by atoms with E-state index < -0.39 is 0 Å². The summed E-state index contributed by atoms with van der Waals surface area (Å²) >= 11 is 0. The third-order valence-corrected chi connectivity index (χ3v) is 6.87. The molecule has 31 heavy (non-hydrogen) atoms. The number of nitrogens with one attached hydrogen (secondary N) is 1. The highest BCUT2D eigenvalue weighted by Gasteiger charge is 2.37. The molecule has 6 heteroatoms. The van der Waals surface area contributed by atoms with Gasteiger partial charge in [0.25, 0.3) is 0 Å². The number of piperidine rings is 1. The molecule has 3 aromatic rings. The van der Waals surface area contributed by atoms with Gasteiger partial charge in [-0.05, 0) is 43.0 Å². The summed E-state index contributed by atoms with van der Waals surface area (Å²) < 4.78 is 0. The molecule has 1 aromatic carbocycles. The Bertz CT molecular complexity index is 1140. The zero-order chi connectivity index (χ0) is 21.5. The van der Waals surface area contributed by atoms with Crippen LogP contribution in [0.2, 0.25) is 0 Å². The van der Waals surface area contributed by atoms with Crippen LogP contribution in [-0.2, 0) is 9.59 Å². The second kappa shape index (κ2) is 7.84. The van der Waals surface area contributed by atoms with Crippen molar-refractivity contribution in [3.05, 3.63) is 54.0 Å². The number of carbonyl (C=O) groups excluding carboxylic acids is 2. The van der Waals surface area contributed by atoms with Gasteiger partial charge in [0.05, 0.1) is 5.92 Å². The van der Waals surface area contributed by atoms with E-state index in [1.807, 2.05) is 17.3 Å². The number of hydrogen-bond acceptors (Lipinski definition) is 3. The zero-order valence-corrected chi connectivity index (χ0v) is 18.1. The lowest BCUT2D eigenvalue weighted by Gasteiger charge is -2.34. The first-order chi connectivity index (χ1) is 15.0. The maximum atomic E-state index is 13.2. The molecule has 2 amide bonds. The molecular formula is C25H28N4O2. The maximum absolute atomic E-state index is 13.2. The van der Waals surface area contributed by atoms with Gasteiger partial charge in [0, 0.05) is 73.6 Å². The van der Waals surface area contributed by atoms with Crippen LogP contribution >= 0.6 is 0 Å². The van der Waals surface area contributed by atoms with Crippen LogP contribution in [0.3, 0.4) is 0 Å². The van der Waals surface area contributed by atoms with E-state index in [1.165, 1.54) is 22.2 Å². The van der Waals surface area contributed by atoms with Gasteiger partial charge in [0.15, 0.2) is 0 Å². The molecule has 2 unspecified atom stereocenters. The van der Waals surface area contributed by atoms with Crippen LogP contribution in [0.5, 0.6) is 0 Å². The van der Waals surface area contributed by atoms with E-state index in [9.17, 15) is 9.59 Å². The molecule has 2 atom stereocenters. The summed E-state index contributed by atoms with van der Waals surface area (Å²) in [5.41, 5.74) is 5.95. The van der Waals surface area contributed by atoms with Crippen LogP contribution in [0, 0.1) is 12.8 Å². The van der Waals surface area contributed by atoms with Gasteiger partial charge in [0.1, 0.15) is 0 Å². The molecular weight excluding hydrogens is 388 g/mol. The third kappa shape index (κ3) is 3.50. The summed E-state index contributed by atoms with van der Waals surface area (Å²) in [5, 5.41) is 1.22. The highest BCUT2D eigenvalue weighted by molar-refractivity contribution is 5.99. The van der Waals surface area contributed by atoms with Gasteiger partial charge in [-0.15, -0.1) is 0 Å². The minimum Gasteiger partial charge on any atom is -0.357 e. The topological polar surface area (TPSA) is 69.3 Å². The molecule has 5 rings (SSSR count). The van der Waals surface area contributed by atoms with Crippen LogP contribution < -0.4 is 0 Å². The van der Waals surface area contributed by atoms with Crippen molar-refractivity contribution in [1.29, 1.82) is 0 Å². The number of aryl methyl sites for hydroxylation is 1. The normalized spacial score (nSPS) is 21.8. The number of likely N-dealkylation sites (tertiary alicyclic amines) is 2. The largest absolute Gasteiger partial charge is 0.357 e. The van der Waals surface area contributed by atoms with E-state index in [2.05, 4.69) is 47.2 Å². The van der Waals surface area contributed by atoms with E-state index in [0.29, 0.717) is 19.5 Å². The molecule has 4 heterocycles. The van der Waals surface area contributed by atoms with Gasteiger partial charge in [-0.3, -0.25) is 14.6 Å². The number of rotatable bonds is 3. The van der Waals surface area contributed by atoms with Gasteiger partial charge >= 0.3 is 0 Å². The molecule has 0 saturated carbocycles. The number of hydrogen-bond donors (Lipinski definition) is 1. The number of para-hydroxylation sites is 1. The Hall–Kier alpha value is -3.15. The molecule has 0 aliphatic carbocycles. The van der Waals surface area contributed by atoms with E-state index in [4.69, 9.17) is 0 Å². The number of aromatic nitrogens is 2. The van der Waals surface area contributed by atoms with Crippen LogP contribution in [0.1, 0.15) is 36.4 Å². The number of benzene rings is 1. The first kappa shape index (κ1) is 19.8. The average Bonchev–Trinajstić information content (AvgIpc) is 3.35. The molecule has 2 saturated heterocycles. The van der Waals surface area contributed by atoms with Crippen molar-refractivity contribution in [2.45, 2.75) is 32.1 Å². The summed E-state index contributed by atoms with van der Waals surface area (Å²) in [4.78, 5) is 36.7. The molecule has 6 nitrogen and oxygen atoms in total. The Kier molecular flexibility index (Phi) is 5.00. The fourth-order valence-electron chi connectivity index (χ4n) is 5.22. The summed E-state index contributed by atoms with van der Waals surface area (Å²) in [7, 11) is 1.78. The first-order valence-electron chi connectivity index (χ1n) is 11.1. The maximum Gasteiger partial charge on any atom is 0.228 e. The van der Waals surface area contributed by atoms with Crippen molar-refractivity contribution in [2.24, 2.45) is 5.92 Å². The monoisotopic (exact) mass is 416 g/mol. The molecule has 2 aromatic heterocycles. The van der Waals surface area contributed by atoms with Gasteiger partial charge in [-0.25, -0.2) is 0 Å². The molecule has 0 bridgehead atoms. The minimum absolute atomic E-state index is 0.0676. The highest BCUT2D eigenvalue weighted by Crippen LogP contribution is 2.40. The van der Waals surface area contributed by atoms with Crippen molar-refractivity contribution in [3.63, 3.8) is 0 Å². The number of nitrogens with zero attached hydrogens (tertiary/aromatic N) is 3. The Morgan fingerprint density at radius 2 is 1.97 bits per heavy atom. The second-order valence-corrected chi connectivity index (χ2v) is 8.95. The standard InChI is InChI=1S/C25H28N4O2/c1-16-5-3-7-20-22(17-8-10-26-11-9-17)24(27-23(16)20)18-6-4-12-29(15-18)25(31)19-13-21(30)28(2)14-19/h3,5,7-11,18-19,27H,4,6,12-15H2,1-2H3. The highest BCUT2D eigenvalue weighted by atomic mass is 16.2. The van der Waals surface area contributed by atoms with Gasteiger partial charge in [0.2, 0.25) is 11.8 Å². The van der Waals surface area contributed by atoms with Crippen molar-refractivity contribution in [1.82, 2.24) is 19.8 Å². The predicted molar refractivity (Wildman–Crippen MR) is 121 cm³/mol. The Morgan fingerprint density at radius 1 is 1.16 bits per heavy atom. The van der Waals surface area contributed by atoms with Gasteiger partial charge in [-0.2, -0.15) is 0 Å². The SMILES string of the molecule is Cc1cccc2c(-c3ccncc3)c(C3CCCN(C(=O)C4CC(=O)N(C)C4)C3)[nH]c12. The number of aromatic amines is 1. The molecule has 2 aliphatic heterocycles. The summed E-state index contributed by atoms with van der Waals surface area (Å²) in [6.07, 6.45) is 6.01. The van der Waals surface area contributed by atoms with Crippen molar-refractivity contribution < 1.29 is 9.59 Å². The average molecular weight is 417 g/mol. The van der Waals surface area contributed by atoms with E-state index in [1.54, 1.807) is 11.9 Å². The third-order valence-electron chi connectivity index (χ3n) is 6.87. The van der Waals surface area contributed by atoms with Gasteiger partial charge < -0.3 is 14.8 Å². The molecule has 160 valence electrons. The predicted octanol–water partition coefficient (Wildman–Crippen LogP) is 3.72. The number of amides is 2. The Balaban J connectivity index is 1.50. The number of H-pyrrole nitrogens is 1. The summed E-state index contributed by atoms with van der Waals surface area (Å²) in [6, 6.07) is 10.5. The number of carbonyl (C=O) groups is 2. The fourth-order valence-corrected chi connectivity index (χ4v) is 5.22. The van der Waals surface area contributed by atoms with Crippen LogP contribution in [-0.4, -0.2) is 58.3 Å². The van der Waals surface area contributed by atoms with Crippen LogP contribution in [0.25, 0.3) is 22.0 Å². The van der Waals surface area contributed by atoms with E-state index in [-0.39, 0.29) is 23.7 Å². The van der Waals surface area contributed by atoms with Crippen LogP contribution in [0.15, 0.2) is 42.7 Å². The lowest BCUT2D eigenvalue weighted by molar-refractivity contribution is -0.137. The lowest BCUT2D eigenvalue weighted by atomic mass is 9.89. The number of pyridine rings is 1. The van der Waals surface area contributed by atoms with E-state index >= 15 is 0 Å². The summed E-state index contributed by atoms with van der Waals surface area (Å²) in [5.74, 6) is 0.224. The van der Waals surface area contributed by atoms with Crippen molar-refractivity contribution >= 4 is 22.7 Å². The molecule has 0 spiro atoms. The Labute approximate surface area is 182 Å². The molecule has 2 aliphatic rings. The molecule has 2 fully saturated rings. The smallest absolute Gasteiger partial charge is 0.228 e. The number of fused-ring (bicyclic) bond motifs is 1. The Morgan fingerprint density at radius 3 is 2.71 bits per heavy atom. The van der Waals surface area contributed by atoms with E-state index in [0.717, 1.165) is 30.5 Å². The second-order valence-electron chi connectivity index (χ2n) is 8.95. The summed E-state index contributed by atoms with van der Waals surface area (Å²) in [6.45, 7) is 4.13. The lowest BCUT2D eigenvalue weighted by Crippen LogP contribution is -2.43. The van der Waals surface area contributed by atoms with Crippen LogP contribution in [0.4, 0.5) is 0 Å². The fraction of sp³-hybridized carbons (Fsp3) is 0.400. The van der Waals surface area contributed by atoms with Gasteiger partial charge in [-0.1, -0.05) is 18.2 Å². The first-order valence-corrected chi connectivity index (χ1v) is 11.1. The van der Waals surface area contributed by atoms with Crippen molar-refractivity contribution in [2.75, 3.05) is 26.7 Å².